The van der Waals surface area contributed by atoms with E-state index in [9.17, 15) is 9.59 Å². The number of carboxylic acid groups (broad SMARTS) is 1. The van der Waals surface area contributed by atoms with Gasteiger partial charge >= 0.3 is 5.97 Å². The van der Waals surface area contributed by atoms with Crippen molar-refractivity contribution in [2.45, 2.75) is 31.8 Å². The summed E-state index contributed by atoms with van der Waals surface area (Å²) in [5.74, 6) is -0.514. The maximum atomic E-state index is 12.6. The van der Waals surface area contributed by atoms with Gasteiger partial charge in [0, 0.05) is 25.3 Å². The van der Waals surface area contributed by atoms with Gasteiger partial charge in [-0.15, -0.1) is 0 Å². The van der Waals surface area contributed by atoms with Crippen LogP contribution in [0.5, 0.6) is 5.75 Å². The second-order valence-corrected chi connectivity index (χ2v) is 6.38. The molecule has 6 heteroatoms. The lowest BCUT2D eigenvalue weighted by atomic mass is 9.96. The number of ether oxygens (including phenoxy) is 2. The molecule has 3 rings (SSSR count). The van der Waals surface area contributed by atoms with E-state index in [1.165, 1.54) is 0 Å². The topological polar surface area (TPSA) is 76.1 Å². The number of hydrogen-bond acceptors (Lipinski definition) is 4. The number of carbonyl (C=O) groups excluding carboxylic acids is 1. The number of likely N-dealkylation sites (tertiary alicyclic amines) is 1. The van der Waals surface area contributed by atoms with E-state index in [0.717, 1.165) is 19.4 Å². The molecule has 0 aromatic heterocycles. The molecule has 2 aliphatic rings. The van der Waals surface area contributed by atoms with E-state index >= 15 is 0 Å². The number of amides is 1. The van der Waals surface area contributed by atoms with E-state index in [0.29, 0.717) is 43.9 Å². The SMILES string of the molecule is O=C(O)C1CCN(C(=O)c2cccc(OC[C@H]3CCCO3)c2)CC1. The largest absolute Gasteiger partial charge is 0.491 e. The summed E-state index contributed by atoms with van der Waals surface area (Å²) in [5, 5.41) is 9.04. The zero-order valence-electron chi connectivity index (χ0n) is 13.6. The third-order valence-corrected chi connectivity index (χ3v) is 4.67. The van der Waals surface area contributed by atoms with Gasteiger partial charge in [-0.2, -0.15) is 0 Å². The second-order valence-electron chi connectivity index (χ2n) is 6.38. The molecule has 1 amide bonds. The minimum absolute atomic E-state index is 0.0681. The van der Waals surface area contributed by atoms with Crippen molar-refractivity contribution in [1.29, 1.82) is 0 Å². The molecule has 0 spiro atoms. The predicted molar refractivity (Wildman–Crippen MR) is 87.2 cm³/mol. The maximum absolute atomic E-state index is 12.6. The van der Waals surface area contributed by atoms with Gasteiger partial charge in [0.15, 0.2) is 0 Å². The summed E-state index contributed by atoms with van der Waals surface area (Å²) in [5.41, 5.74) is 0.577. The van der Waals surface area contributed by atoms with E-state index in [1.54, 1.807) is 17.0 Å². The molecule has 2 fully saturated rings. The summed E-state index contributed by atoms with van der Waals surface area (Å²) >= 11 is 0. The number of nitrogens with zero attached hydrogens (tertiary/aromatic N) is 1. The first-order chi connectivity index (χ1) is 11.6. The fourth-order valence-electron chi connectivity index (χ4n) is 3.20. The van der Waals surface area contributed by atoms with Gasteiger partial charge in [0.2, 0.25) is 0 Å². The maximum Gasteiger partial charge on any atom is 0.306 e. The number of piperidine rings is 1. The van der Waals surface area contributed by atoms with Crippen molar-refractivity contribution in [1.82, 2.24) is 4.90 Å². The molecule has 1 N–H and O–H groups in total. The Morgan fingerprint density at radius 2 is 2.04 bits per heavy atom. The Balaban J connectivity index is 1.56. The molecule has 2 saturated heterocycles. The highest BCUT2D eigenvalue weighted by Gasteiger charge is 2.27. The molecule has 0 radical (unpaired) electrons. The first-order valence-corrected chi connectivity index (χ1v) is 8.50. The molecule has 0 bridgehead atoms. The number of benzene rings is 1. The van der Waals surface area contributed by atoms with Crippen molar-refractivity contribution in [2.75, 3.05) is 26.3 Å². The van der Waals surface area contributed by atoms with Crippen LogP contribution >= 0.6 is 0 Å². The van der Waals surface area contributed by atoms with Gasteiger partial charge in [-0.3, -0.25) is 9.59 Å². The zero-order valence-corrected chi connectivity index (χ0v) is 13.6. The van der Waals surface area contributed by atoms with Crippen LogP contribution in [0, 0.1) is 5.92 Å². The van der Waals surface area contributed by atoms with Crippen LogP contribution in [0.25, 0.3) is 0 Å². The molecule has 0 unspecified atom stereocenters. The number of hydrogen-bond donors (Lipinski definition) is 1. The van der Waals surface area contributed by atoms with E-state index in [1.807, 2.05) is 12.1 Å². The van der Waals surface area contributed by atoms with Crippen molar-refractivity contribution in [3.63, 3.8) is 0 Å². The molecular weight excluding hydrogens is 310 g/mol. The normalized spacial score (nSPS) is 21.7. The third-order valence-electron chi connectivity index (χ3n) is 4.67. The van der Waals surface area contributed by atoms with E-state index < -0.39 is 5.97 Å². The molecule has 130 valence electrons. The summed E-state index contributed by atoms with van der Waals surface area (Å²) in [6.45, 7) is 2.26. The predicted octanol–water partition coefficient (Wildman–Crippen LogP) is 2.18. The number of carbonyl (C=O) groups is 2. The van der Waals surface area contributed by atoms with Crippen LogP contribution in [0.4, 0.5) is 0 Å². The Hall–Kier alpha value is -2.08. The van der Waals surface area contributed by atoms with Gasteiger partial charge in [0.25, 0.3) is 5.91 Å². The molecule has 24 heavy (non-hydrogen) atoms. The van der Waals surface area contributed by atoms with Gasteiger partial charge in [0.1, 0.15) is 12.4 Å². The first kappa shape index (κ1) is 16.8. The Bertz CT molecular complexity index is 589. The molecule has 0 saturated carbocycles. The fraction of sp³-hybridized carbons (Fsp3) is 0.556. The molecule has 1 aromatic carbocycles. The van der Waals surface area contributed by atoms with Crippen LogP contribution in [0.3, 0.4) is 0 Å². The average Bonchev–Trinajstić information content (AvgIpc) is 3.13. The summed E-state index contributed by atoms with van der Waals surface area (Å²) < 4.78 is 11.3. The number of aliphatic carboxylic acids is 1. The molecule has 2 heterocycles. The Morgan fingerprint density at radius 1 is 1.25 bits per heavy atom. The van der Waals surface area contributed by atoms with Crippen molar-refractivity contribution < 1.29 is 24.2 Å². The van der Waals surface area contributed by atoms with Crippen LogP contribution in [0.15, 0.2) is 24.3 Å². The molecule has 1 aromatic rings. The quantitative estimate of drug-likeness (QED) is 0.894. The van der Waals surface area contributed by atoms with Crippen LogP contribution in [-0.4, -0.2) is 54.3 Å². The molecule has 6 nitrogen and oxygen atoms in total. The van der Waals surface area contributed by atoms with Crippen molar-refractivity contribution in [3.05, 3.63) is 29.8 Å². The number of carboxylic acids is 1. The fourth-order valence-corrected chi connectivity index (χ4v) is 3.20. The molecule has 1 atom stereocenters. The zero-order chi connectivity index (χ0) is 16.9. The lowest BCUT2D eigenvalue weighted by molar-refractivity contribution is -0.143. The Morgan fingerprint density at radius 3 is 2.71 bits per heavy atom. The third kappa shape index (κ3) is 4.06. The highest BCUT2D eigenvalue weighted by atomic mass is 16.5. The van der Waals surface area contributed by atoms with Gasteiger partial charge in [-0.05, 0) is 43.9 Å². The monoisotopic (exact) mass is 333 g/mol. The Kier molecular flexibility index (Phi) is 5.35. The lowest BCUT2D eigenvalue weighted by Gasteiger charge is -2.30. The van der Waals surface area contributed by atoms with E-state index in [2.05, 4.69) is 0 Å². The van der Waals surface area contributed by atoms with E-state index in [4.69, 9.17) is 14.6 Å². The van der Waals surface area contributed by atoms with Crippen LogP contribution < -0.4 is 4.74 Å². The minimum atomic E-state index is -0.772. The van der Waals surface area contributed by atoms with Gasteiger partial charge < -0.3 is 19.5 Å². The highest BCUT2D eigenvalue weighted by molar-refractivity contribution is 5.94. The van der Waals surface area contributed by atoms with Crippen molar-refractivity contribution in [2.24, 2.45) is 5.92 Å². The standard InChI is InChI=1S/C18H23NO5/c20-17(19-8-6-13(7-9-19)18(21)22)14-3-1-4-15(11-14)24-12-16-5-2-10-23-16/h1,3-4,11,13,16H,2,5-10,12H2,(H,21,22)/t16-/m1/s1. The van der Waals surface area contributed by atoms with Crippen LogP contribution in [0.2, 0.25) is 0 Å². The molecular formula is C18H23NO5. The Labute approximate surface area is 141 Å². The lowest BCUT2D eigenvalue weighted by Crippen LogP contribution is -2.40. The number of rotatable bonds is 5. The summed E-state index contributed by atoms with van der Waals surface area (Å²) in [6, 6.07) is 7.16. The highest BCUT2D eigenvalue weighted by Crippen LogP contribution is 2.22. The molecule has 2 aliphatic heterocycles. The minimum Gasteiger partial charge on any atom is -0.491 e. The molecule has 0 aliphatic carbocycles. The van der Waals surface area contributed by atoms with Gasteiger partial charge in [-0.25, -0.2) is 0 Å². The summed E-state index contributed by atoms with van der Waals surface area (Å²) in [4.78, 5) is 25.3. The van der Waals surface area contributed by atoms with Crippen molar-refractivity contribution >= 4 is 11.9 Å². The summed E-state index contributed by atoms with van der Waals surface area (Å²) in [6.07, 6.45) is 3.24. The van der Waals surface area contributed by atoms with Crippen LogP contribution in [0.1, 0.15) is 36.0 Å². The summed E-state index contributed by atoms with van der Waals surface area (Å²) in [7, 11) is 0. The van der Waals surface area contributed by atoms with Crippen LogP contribution in [-0.2, 0) is 9.53 Å². The van der Waals surface area contributed by atoms with E-state index in [-0.39, 0.29) is 17.9 Å². The second kappa shape index (κ2) is 7.66. The van der Waals surface area contributed by atoms with Gasteiger partial charge in [-0.1, -0.05) is 6.07 Å². The average molecular weight is 333 g/mol. The van der Waals surface area contributed by atoms with Gasteiger partial charge in [0.05, 0.1) is 12.0 Å². The smallest absolute Gasteiger partial charge is 0.306 e. The first-order valence-electron chi connectivity index (χ1n) is 8.50. The van der Waals surface area contributed by atoms with Crippen molar-refractivity contribution in [3.8, 4) is 5.75 Å².